The van der Waals surface area contributed by atoms with E-state index in [-0.39, 0.29) is 35.1 Å². The van der Waals surface area contributed by atoms with Gasteiger partial charge < -0.3 is 15.3 Å². The lowest BCUT2D eigenvalue weighted by molar-refractivity contribution is -0.141. The van der Waals surface area contributed by atoms with Crippen LogP contribution in [0.1, 0.15) is 77.6 Å². The largest absolute Gasteiger partial charge is 0.481 e. The van der Waals surface area contributed by atoms with Crippen LogP contribution >= 0.6 is 12.4 Å². The van der Waals surface area contributed by atoms with Crippen LogP contribution < -0.4 is 5.32 Å². The summed E-state index contributed by atoms with van der Waals surface area (Å²) in [6, 6.07) is 22.5. The number of hydrogen-bond acceptors (Lipinski definition) is 3. The number of carboxylic acid groups (broad SMARTS) is 1. The summed E-state index contributed by atoms with van der Waals surface area (Å²) in [7, 11) is -1.66. The predicted octanol–water partition coefficient (Wildman–Crippen LogP) is 9.68. The summed E-state index contributed by atoms with van der Waals surface area (Å²) in [5, 5.41) is 12.2. The van der Waals surface area contributed by atoms with Gasteiger partial charge in [-0.05, 0) is 83.2 Å². The van der Waals surface area contributed by atoms with E-state index in [9.17, 15) is 9.59 Å². The molecule has 0 aliphatic carbocycles. The number of carbonyl (C=O) groups is 2. The lowest BCUT2D eigenvalue weighted by Gasteiger charge is -2.37. The second-order valence-corrected chi connectivity index (χ2v) is 28.5. The second-order valence-electron chi connectivity index (χ2n) is 17.8. The molecule has 0 radical (unpaired) electrons. The van der Waals surface area contributed by atoms with Gasteiger partial charge in [0.15, 0.2) is 0 Å². The van der Waals surface area contributed by atoms with Crippen molar-refractivity contribution in [3.8, 4) is 0 Å². The van der Waals surface area contributed by atoms with Crippen molar-refractivity contribution in [2.45, 2.75) is 129 Å². The van der Waals surface area contributed by atoms with Crippen LogP contribution in [0.25, 0.3) is 0 Å². The van der Waals surface area contributed by atoms with Gasteiger partial charge in [-0.3, -0.25) is 9.59 Å². The minimum atomic E-state index is -1.01. The van der Waals surface area contributed by atoms with Gasteiger partial charge in [-0.1, -0.05) is 130 Å². The maximum atomic E-state index is 12.7. The number of halogens is 1. The summed E-state index contributed by atoms with van der Waals surface area (Å²) in [4.78, 5) is 25.5. The van der Waals surface area contributed by atoms with E-state index in [0.717, 1.165) is 25.1 Å². The van der Waals surface area contributed by atoms with Crippen LogP contribution in [0.4, 0.5) is 0 Å². The molecule has 2 aliphatic heterocycles. The Morgan fingerprint density at radius 1 is 0.688 bits per heavy atom. The third kappa shape index (κ3) is 15.7. The molecule has 2 saturated heterocycles. The Labute approximate surface area is 302 Å². The Morgan fingerprint density at radius 3 is 1.35 bits per heavy atom. The molecule has 0 aromatic heterocycles. The highest BCUT2D eigenvalue weighted by Gasteiger charge is 2.31. The van der Waals surface area contributed by atoms with Gasteiger partial charge in [-0.15, -0.1) is 12.4 Å². The minimum absolute atomic E-state index is 0. The molecule has 2 fully saturated rings. The van der Waals surface area contributed by atoms with E-state index in [1.54, 1.807) is 6.92 Å². The summed E-state index contributed by atoms with van der Waals surface area (Å²) in [6.07, 6.45) is 1.44. The first kappa shape index (κ1) is 44.1. The average molecular weight is 718 g/mol. The SMILES string of the molecule is CC(Cc1ccc(C(C)(C)C)cc1)C(=O)N1CC[Si](C)(C)CC1.CC(Cc1ccc(C(C)(C)C)cc1)C(=O)O.C[Si]1(C)CCNCC1.Cl. The molecule has 0 bridgehead atoms. The lowest BCUT2D eigenvalue weighted by Crippen LogP contribution is -2.47. The Bertz CT molecular complexity index is 1250. The smallest absolute Gasteiger partial charge is 0.306 e. The van der Waals surface area contributed by atoms with Crippen molar-refractivity contribution in [3.05, 3.63) is 70.8 Å². The molecule has 2 heterocycles. The van der Waals surface area contributed by atoms with Crippen LogP contribution in [0.5, 0.6) is 0 Å². The topological polar surface area (TPSA) is 69.6 Å². The van der Waals surface area contributed by atoms with Crippen molar-refractivity contribution in [2.75, 3.05) is 26.2 Å². The van der Waals surface area contributed by atoms with Gasteiger partial charge in [0.2, 0.25) is 5.91 Å². The molecule has 5 nitrogen and oxygen atoms in total. The molecule has 2 atom stereocenters. The van der Waals surface area contributed by atoms with Gasteiger partial charge in [-0.2, -0.15) is 0 Å². The molecule has 2 aliphatic rings. The maximum absolute atomic E-state index is 12.7. The standard InChI is InChI=1S/C20H33NOSi.C14H20O2.C6H15NSi.ClH/c1-16(19(22)21-11-13-23(5,6)14-12-21)15-17-7-9-18(10-8-17)20(2,3)4;1-10(13(15)16)9-11-5-7-12(8-6-11)14(2,3)4;1-8(2)5-3-7-4-6-8;/h7-10,16H,11-15H2,1-6H3;5-8,10H,9H2,1-4H3,(H,15,16);7H,3-6H2,1-2H3;1H. The van der Waals surface area contributed by atoms with Crippen LogP contribution in [0.2, 0.25) is 50.4 Å². The molecular weight excluding hydrogens is 648 g/mol. The molecule has 2 unspecified atom stereocenters. The highest BCUT2D eigenvalue weighted by atomic mass is 35.5. The monoisotopic (exact) mass is 716 g/mol. The van der Waals surface area contributed by atoms with Crippen molar-refractivity contribution in [3.63, 3.8) is 0 Å². The molecule has 2 aromatic carbocycles. The molecule has 4 rings (SSSR count). The Hall–Kier alpha value is -1.94. The number of nitrogens with zero attached hydrogens (tertiary/aromatic N) is 1. The molecule has 2 aromatic rings. The van der Waals surface area contributed by atoms with Crippen molar-refractivity contribution < 1.29 is 14.7 Å². The molecule has 1 amide bonds. The fourth-order valence-corrected chi connectivity index (χ4v) is 9.87. The van der Waals surface area contributed by atoms with Gasteiger partial charge in [-0.25, -0.2) is 0 Å². The zero-order valence-corrected chi connectivity index (χ0v) is 35.3. The van der Waals surface area contributed by atoms with Gasteiger partial charge >= 0.3 is 5.97 Å². The Balaban J connectivity index is 0.000000398. The van der Waals surface area contributed by atoms with Crippen molar-refractivity contribution in [1.29, 1.82) is 0 Å². The van der Waals surface area contributed by atoms with Crippen molar-refractivity contribution >= 4 is 40.4 Å². The second kappa shape index (κ2) is 18.9. The Morgan fingerprint density at radius 2 is 1.04 bits per heavy atom. The summed E-state index contributed by atoms with van der Waals surface area (Å²) in [6.45, 7) is 31.4. The van der Waals surface area contributed by atoms with Crippen LogP contribution in [-0.2, 0) is 33.3 Å². The van der Waals surface area contributed by atoms with Crippen LogP contribution in [0.15, 0.2) is 48.5 Å². The quantitative estimate of drug-likeness (QED) is 0.292. The Kier molecular flexibility index (Phi) is 17.3. The van der Waals surface area contributed by atoms with E-state index >= 15 is 0 Å². The molecule has 8 heteroatoms. The average Bonchev–Trinajstić information content (AvgIpc) is 2.97. The maximum Gasteiger partial charge on any atom is 0.306 e. The van der Waals surface area contributed by atoms with Crippen LogP contribution in [-0.4, -0.2) is 64.2 Å². The first-order valence-corrected chi connectivity index (χ1v) is 24.8. The minimum Gasteiger partial charge on any atom is -0.481 e. The molecule has 0 saturated carbocycles. The predicted molar refractivity (Wildman–Crippen MR) is 215 cm³/mol. The number of amides is 1. The molecule has 48 heavy (non-hydrogen) atoms. The first-order chi connectivity index (χ1) is 21.6. The number of benzene rings is 2. The summed E-state index contributed by atoms with van der Waals surface area (Å²) in [5.41, 5.74) is 5.32. The number of carboxylic acids is 1. The van der Waals surface area contributed by atoms with Crippen LogP contribution in [0, 0.1) is 11.8 Å². The highest BCUT2D eigenvalue weighted by Crippen LogP contribution is 2.26. The molecule has 272 valence electrons. The van der Waals surface area contributed by atoms with E-state index in [2.05, 4.69) is 121 Å². The van der Waals surface area contributed by atoms with Crippen LogP contribution in [0.3, 0.4) is 0 Å². The number of aliphatic carboxylic acids is 1. The van der Waals surface area contributed by atoms with E-state index in [0.29, 0.717) is 12.3 Å². The van der Waals surface area contributed by atoms with E-state index in [1.165, 1.54) is 54.0 Å². The van der Waals surface area contributed by atoms with E-state index in [1.807, 2.05) is 12.1 Å². The molecular formula is C40H69ClN2O3Si2. The zero-order valence-electron chi connectivity index (χ0n) is 32.5. The van der Waals surface area contributed by atoms with Gasteiger partial charge in [0, 0.05) is 27.1 Å². The number of nitrogens with one attached hydrogen (secondary N) is 1. The fourth-order valence-electron chi connectivity index (χ4n) is 5.91. The van der Waals surface area contributed by atoms with E-state index < -0.39 is 22.1 Å². The van der Waals surface area contributed by atoms with E-state index in [4.69, 9.17) is 5.11 Å². The summed E-state index contributed by atoms with van der Waals surface area (Å²) < 4.78 is 0. The van der Waals surface area contributed by atoms with Crippen molar-refractivity contribution in [1.82, 2.24) is 10.2 Å². The third-order valence-electron chi connectivity index (χ3n) is 9.95. The van der Waals surface area contributed by atoms with Gasteiger partial charge in [0.1, 0.15) is 0 Å². The van der Waals surface area contributed by atoms with Crippen molar-refractivity contribution in [2.24, 2.45) is 11.8 Å². The summed E-state index contributed by atoms with van der Waals surface area (Å²) >= 11 is 0. The third-order valence-corrected chi connectivity index (χ3v) is 16.3. The molecule has 0 spiro atoms. The van der Waals surface area contributed by atoms with Gasteiger partial charge in [0.25, 0.3) is 0 Å². The number of carbonyl (C=O) groups excluding carboxylic acids is 1. The zero-order chi connectivity index (χ0) is 35.6. The number of rotatable bonds is 6. The number of hydrogen-bond donors (Lipinski definition) is 2. The first-order valence-electron chi connectivity index (χ1n) is 18.0. The molecule has 2 N–H and O–H groups in total. The highest BCUT2D eigenvalue weighted by molar-refractivity contribution is 6.78. The fraction of sp³-hybridized carbons (Fsp3) is 0.650. The normalized spacial score (nSPS) is 18.5. The van der Waals surface area contributed by atoms with Gasteiger partial charge in [0.05, 0.1) is 14.0 Å². The lowest BCUT2D eigenvalue weighted by atomic mass is 9.86. The summed E-state index contributed by atoms with van der Waals surface area (Å²) in [5.74, 6) is -0.631.